The Hall–Kier alpha value is -3.90. The van der Waals surface area contributed by atoms with Crippen LogP contribution in [0.25, 0.3) is 0 Å². The normalized spacial score (nSPS) is 22.3. The van der Waals surface area contributed by atoms with E-state index < -0.39 is 59.5 Å². The number of hydrogen-bond donors (Lipinski definition) is 0. The molecule has 0 aromatic heterocycles. The number of fused-ring (bicyclic) bond motifs is 1. The number of benzene rings is 2. The van der Waals surface area contributed by atoms with Crippen molar-refractivity contribution in [2.75, 3.05) is 13.2 Å². The first-order valence-electron chi connectivity index (χ1n) is 15.6. The molecule has 0 radical (unpaired) electrons. The number of imide groups is 1. The van der Waals surface area contributed by atoms with Crippen molar-refractivity contribution in [3.63, 3.8) is 0 Å². The molecule has 2 aliphatic heterocycles. The fraction of sp³-hybridized carbons (Fsp3) is 0.500. The van der Waals surface area contributed by atoms with E-state index >= 15 is 0 Å². The number of ether oxygens (including phenoxy) is 5. The molecule has 12 heteroatoms. The van der Waals surface area contributed by atoms with Crippen LogP contribution in [0, 0.1) is 0 Å². The zero-order valence-electron chi connectivity index (χ0n) is 26.6. The number of carbonyl (C=O) groups excluding carboxylic acids is 5. The summed E-state index contributed by atoms with van der Waals surface area (Å²) in [7, 11) is 0. The van der Waals surface area contributed by atoms with Crippen LogP contribution in [0.5, 0.6) is 5.75 Å². The second-order valence-corrected chi connectivity index (χ2v) is 12.4. The first-order chi connectivity index (χ1) is 22.1. The molecule has 2 amide bonds. The summed E-state index contributed by atoms with van der Waals surface area (Å²) in [4.78, 5) is 65.5. The maximum Gasteiger partial charge on any atom is 0.303 e. The van der Waals surface area contributed by atoms with Crippen molar-refractivity contribution in [1.29, 1.82) is 0 Å². The Labute approximate surface area is 273 Å². The molecule has 46 heavy (non-hydrogen) atoms. The molecule has 0 saturated carbocycles. The van der Waals surface area contributed by atoms with Crippen LogP contribution in [0.15, 0.2) is 53.4 Å². The fourth-order valence-corrected chi connectivity index (χ4v) is 6.73. The number of esters is 3. The maximum atomic E-state index is 13.7. The number of amides is 2. The van der Waals surface area contributed by atoms with Gasteiger partial charge in [0.2, 0.25) is 0 Å². The lowest BCUT2D eigenvalue weighted by Gasteiger charge is -2.47. The fourth-order valence-electron chi connectivity index (χ4n) is 5.55. The summed E-state index contributed by atoms with van der Waals surface area (Å²) in [5.74, 6) is -2.56. The van der Waals surface area contributed by atoms with E-state index in [-0.39, 0.29) is 17.7 Å². The molecule has 0 N–H and O–H groups in total. The van der Waals surface area contributed by atoms with Crippen molar-refractivity contribution in [2.24, 2.45) is 0 Å². The van der Waals surface area contributed by atoms with Gasteiger partial charge in [-0.05, 0) is 42.8 Å². The Bertz CT molecular complexity index is 1360. The number of thioether (sulfide) groups is 1. The minimum absolute atomic E-state index is 0.191. The summed E-state index contributed by atoms with van der Waals surface area (Å²) in [6, 6.07) is 12.4. The number of unbranched alkanes of at least 4 members (excludes halogenated alkanes) is 5. The summed E-state index contributed by atoms with van der Waals surface area (Å²) < 4.78 is 28.8. The molecule has 1 saturated heterocycles. The van der Waals surface area contributed by atoms with Crippen LogP contribution in [0.1, 0.15) is 86.9 Å². The monoisotopic (exact) mass is 655 g/mol. The predicted molar refractivity (Wildman–Crippen MR) is 168 cm³/mol. The molecule has 0 aliphatic carbocycles. The molecule has 2 aliphatic rings. The van der Waals surface area contributed by atoms with Crippen molar-refractivity contribution in [2.45, 2.75) is 101 Å². The van der Waals surface area contributed by atoms with E-state index in [9.17, 15) is 24.0 Å². The van der Waals surface area contributed by atoms with Crippen molar-refractivity contribution in [3.8, 4) is 5.75 Å². The van der Waals surface area contributed by atoms with Gasteiger partial charge in [0.15, 0.2) is 12.2 Å². The largest absolute Gasteiger partial charge is 0.494 e. The highest BCUT2D eigenvalue weighted by Crippen LogP contribution is 2.41. The van der Waals surface area contributed by atoms with Crippen molar-refractivity contribution < 1.29 is 47.7 Å². The summed E-state index contributed by atoms with van der Waals surface area (Å²) in [6.07, 6.45) is 3.22. The molecule has 1 fully saturated rings. The smallest absolute Gasteiger partial charge is 0.303 e. The molecule has 5 atom stereocenters. The average molecular weight is 656 g/mol. The number of nitrogens with zero attached hydrogens (tertiary/aromatic N) is 1. The molecule has 11 nitrogen and oxygen atoms in total. The third-order valence-corrected chi connectivity index (χ3v) is 8.80. The molecule has 0 unspecified atom stereocenters. The lowest BCUT2D eigenvalue weighted by Crippen LogP contribution is -2.66. The van der Waals surface area contributed by atoms with Crippen LogP contribution in [0.3, 0.4) is 0 Å². The number of hydrogen-bond acceptors (Lipinski definition) is 11. The van der Waals surface area contributed by atoms with Gasteiger partial charge in [0, 0.05) is 25.7 Å². The van der Waals surface area contributed by atoms with Gasteiger partial charge in [-0.1, -0.05) is 62.9 Å². The van der Waals surface area contributed by atoms with Crippen molar-refractivity contribution >= 4 is 41.5 Å². The Morgan fingerprint density at radius 1 is 0.783 bits per heavy atom. The van der Waals surface area contributed by atoms with E-state index in [1.807, 2.05) is 24.3 Å². The minimum Gasteiger partial charge on any atom is -0.494 e. The standard InChI is InChI=1S/C34H41NO10S/c1-5-6-7-8-9-12-19-41-24-15-17-25(18-16-24)46-34-29(35-32(39)26-13-10-11-14-27(26)33(35)40)31(44-23(4)38)30(43-22(3)37)28(45-34)20-42-21(2)36/h10-11,13-18,28-31,34H,5-9,12,19-20H2,1-4H3/t28-,29-,30+,31-,34+/m1/s1. The van der Waals surface area contributed by atoms with Gasteiger partial charge in [0.25, 0.3) is 11.8 Å². The Morgan fingerprint density at radius 2 is 1.37 bits per heavy atom. The zero-order valence-corrected chi connectivity index (χ0v) is 27.4. The first kappa shape index (κ1) is 35.0. The average Bonchev–Trinajstić information content (AvgIpc) is 3.26. The lowest BCUT2D eigenvalue weighted by molar-refractivity contribution is -0.216. The quantitative estimate of drug-likeness (QED) is 0.107. The number of carbonyl (C=O) groups is 5. The molecule has 2 aromatic carbocycles. The van der Waals surface area contributed by atoms with E-state index in [0.717, 1.165) is 17.7 Å². The number of rotatable bonds is 15. The maximum absolute atomic E-state index is 13.7. The van der Waals surface area contributed by atoms with E-state index in [2.05, 4.69) is 6.92 Å². The molecule has 4 rings (SSSR count). The van der Waals surface area contributed by atoms with Crippen LogP contribution < -0.4 is 4.74 Å². The lowest BCUT2D eigenvalue weighted by atomic mass is 9.96. The molecular weight excluding hydrogens is 614 g/mol. The van der Waals surface area contributed by atoms with Crippen LogP contribution in [0.2, 0.25) is 0 Å². The van der Waals surface area contributed by atoms with E-state index in [4.69, 9.17) is 23.7 Å². The van der Waals surface area contributed by atoms with Gasteiger partial charge >= 0.3 is 17.9 Å². The van der Waals surface area contributed by atoms with Gasteiger partial charge in [-0.3, -0.25) is 28.9 Å². The second-order valence-electron chi connectivity index (χ2n) is 11.2. The molecule has 0 spiro atoms. The highest BCUT2D eigenvalue weighted by molar-refractivity contribution is 7.99. The minimum atomic E-state index is -1.34. The van der Waals surface area contributed by atoms with Crippen LogP contribution in [-0.2, 0) is 33.3 Å². The van der Waals surface area contributed by atoms with Crippen molar-refractivity contribution in [3.05, 3.63) is 59.7 Å². The van der Waals surface area contributed by atoms with Gasteiger partial charge < -0.3 is 23.7 Å². The zero-order chi connectivity index (χ0) is 33.2. The third kappa shape index (κ3) is 8.88. The summed E-state index contributed by atoms with van der Waals surface area (Å²) in [5, 5.41) is 0. The Balaban J connectivity index is 1.62. The summed E-state index contributed by atoms with van der Waals surface area (Å²) in [5.41, 5.74) is -0.639. The highest BCUT2D eigenvalue weighted by atomic mass is 32.2. The van der Waals surface area contributed by atoms with Crippen molar-refractivity contribution in [1.82, 2.24) is 4.90 Å². The van der Waals surface area contributed by atoms with Gasteiger partial charge in [0.1, 0.15) is 29.9 Å². The predicted octanol–water partition coefficient (Wildman–Crippen LogP) is 5.33. The van der Waals surface area contributed by atoms with E-state index in [0.29, 0.717) is 17.3 Å². The van der Waals surface area contributed by atoms with Gasteiger partial charge in [-0.25, -0.2) is 0 Å². The van der Waals surface area contributed by atoms with Gasteiger partial charge in [-0.2, -0.15) is 0 Å². The molecule has 2 aromatic rings. The molecule has 0 bridgehead atoms. The molecular formula is C34H41NO10S. The first-order valence-corrected chi connectivity index (χ1v) is 16.5. The highest BCUT2D eigenvalue weighted by Gasteiger charge is 2.57. The van der Waals surface area contributed by atoms with Gasteiger partial charge in [0.05, 0.1) is 17.7 Å². The van der Waals surface area contributed by atoms with Crippen LogP contribution in [-0.4, -0.2) is 77.6 Å². The Kier molecular flexibility index (Phi) is 12.6. The van der Waals surface area contributed by atoms with Crippen LogP contribution in [0.4, 0.5) is 0 Å². The molecule has 2 heterocycles. The SMILES string of the molecule is CCCCCCCCOc1ccc(S[C@@H]2O[C@H](COC(C)=O)[C@H](OC(C)=O)[C@H](OC(C)=O)[C@H]2N2C(=O)c3ccccc3C2=O)cc1. The Morgan fingerprint density at radius 3 is 1.96 bits per heavy atom. The van der Waals surface area contributed by atoms with Gasteiger partial charge in [-0.15, -0.1) is 0 Å². The molecule has 248 valence electrons. The summed E-state index contributed by atoms with van der Waals surface area (Å²) in [6.45, 7) is 6.02. The second kappa shape index (κ2) is 16.6. The third-order valence-electron chi connectivity index (χ3n) is 7.64. The van der Waals surface area contributed by atoms with E-state index in [1.54, 1.807) is 24.3 Å². The topological polar surface area (TPSA) is 135 Å². The summed E-state index contributed by atoms with van der Waals surface area (Å²) >= 11 is 1.18. The van der Waals surface area contributed by atoms with Crippen LogP contribution >= 0.6 is 11.8 Å². The van der Waals surface area contributed by atoms with E-state index in [1.165, 1.54) is 58.2 Å².